The number of nitrogens with zero attached hydrogens (tertiary/aromatic N) is 1. The smallest absolute Gasteiger partial charge is 0.184 e. The van der Waals surface area contributed by atoms with Crippen molar-refractivity contribution in [2.75, 3.05) is 5.32 Å². The van der Waals surface area contributed by atoms with Gasteiger partial charge in [-0.15, -0.1) is 11.3 Å². The molecule has 2 rings (SSSR count). The summed E-state index contributed by atoms with van der Waals surface area (Å²) in [6, 6.07) is 0.578. The molecule has 2 unspecified atom stereocenters. The van der Waals surface area contributed by atoms with Gasteiger partial charge in [-0.3, -0.25) is 0 Å². The lowest BCUT2D eigenvalue weighted by atomic mass is 9.97. The van der Waals surface area contributed by atoms with Crippen molar-refractivity contribution in [1.29, 1.82) is 0 Å². The lowest BCUT2D eigenvalue weighted by Crippen LogP contribution is -2.26. The minimum Gasteiger partial charge on any atom is -0.358 e. The highest BCUT2D eigenvalue weighted by Gasteiger charge is 2.20. The predicted molar refractivity (Wildman–Crippen MR) is 66.8 cm³/mol. The zero-order valence-corrected chi connectivity index (χ0v) is 10.6. The van der Waals surface area contributed by atoms with Gasteiger partial charge in [-0.25, -0.2) is 4.98 Å². The first-order valence-corrected chi connectivity index (χ1v) is 6.89. The number of rotatable bonds is 2. The summed E-state index contributed by atoms with van der Waals surface area (Å²) in [5, 5.41) is 6.97. The molecule has 0 aromatic carbocycles. The number of nitrogens with one attached hydrogen (secondary N) is 1. The summed E-state index contributed by atoms with van der Waals surface area (Å²) in [5.74, 6) is 0.746. The Morgan fingerprint density at radius 2 is 2.20 bits per heavy atom. The van der Waals surface area contributed by atoms with E-state index >= 15 is 0 Å². The van der Waals surface area contributed by atoms with Crippen LogP contribution in [0.3, 0.4) is 0 Å². The molecular formula is C11H17ClN2S. The van der Waals surface area contributed by atoms with E-state index in [2.05, 4.69) is 17.2 Å². The minimum absolute atomic E-state index is 0.578. The molecule has 0 spiro atoms. The second-order valence-electron chi connectivity index (χ2n) is 4.34. The van der Waals surface area contributed by atoms with E-state index in [0.29, 0.717) is 11.2 Å². The Bertz CT molecular complexity index is 313. The van der Waals surface area contributed by atoms with Crippen LogP contribution in [0, 0.1) is 5.92 Å². The largest absolute Gasteiger partial charge is 0.358 e. The van der Waals surface area contributed by atoms with Crippen molar-refractivity contribution < 1.29 is 0 Å². The molecular weight excluding hydrogens is 228 g/mol. The molecule has 0 radical (unpaired) electrons. The maximum atomic E-state index is 5.81. The molecule has 1 N–H and O–H groups in total. The Hall–Kier alpha value is -0.280. The Morgan fingerprint density at radius 1 is 1.40 bits per heavy atom. The maximum absolute atomic E-state index is 5.81. The first kappa shape index (κ1) is 11.2. The summed E-state index contributed by atoms with van der Waals surface area (Å²) < 4.78 is 0. The zero-order valence-electron chi connectivity index (χ0n) is 9.00. The van der Waals surface area contributed by atoms with Gasteiger partial charge in [-0.2, -0.15) is 0 Å². The van der Waals surface area contributed by atoms with Crippen LogP contribution in [0.1, 0.15) is 39.0 Å². The van der Waals surface area contributed by atoms with Crippen LogP contribution in [-0.2, 0) is 0 Å². The average Bonchev–Trinajstić information content (AvgIpc) is 2.50. The van der Waals surface area contributed by atoms with Gasteiger partial charge in [0.2, 0.25) is 0 Å². The molecule has 84 valence electrons. The van der Waals surface area contributed by atoms with E-state index in [1.807, 2.05) is 5.38 Å². The van der Waals surface area contributed by atoms with Crippen molar-refractivity contribution in [3.05, 3.63) is 10.5 Å². The molecule has 1 saturated carbocycles. The summed E-state index contributed by atoms with van der Waals surface area (Å²) in [6.07, 6.45) is 6.68. The molecule has 1 aliphatic carbocycles. The van der Waals surface area contributed by atoms with Crippen molar-refractivity contribution in [3.8, 4) is 0 Å². The van der Waals surface area contributed by atoms with Gasteiger partial charge in [0.25, 0.3) is 0 Å². The van der Waals surface area contributed by atoms with Crippen LogP contribution in [0.15, 0.2) is 5.38 Å². The summed E-state index contributed by atoms with van der Waals surface area (Å²) in [4.78, 5) is 4.24. The molecule has 0 aliphatic heterocycles. The van der Waals surface area contributed by atoms with E-state index in [1.54, 1.807) is 11.3 Å². The van der Waals surface area contributed by atoms with Crippen molar-refractivity contribution in [2.24, 2.45) is 5.92 Å². The Kier molecular flexibility index (Phi) is 3.87. The molecule has 0 saturated heterocycles. The van der Waals surface area contributed by atoms with Gasteiger partial charge in [0.15, 0.2) is 5.13 Å². The van der Waals surface area contributed by atoms with E-state index in [0.717, 1.165) is 11.0 Å². The van der Waals surface area contributed by atoms with Gasteiger partial charge < -0.3 is 5.32 Å². The third-order valence-electron chi connectivity index (χ3n) is 3.15. The number of hydrogen-bond acceptors (Lipinski definition) is 3. The SMILES string of the molecule is CC1CCCCCC1Nc1nc(Cl)cs1. The summed E-state index contributed by atoms with van der Waals surface area (Å²) in [6.45, 7) is 2.33. The van der Waals surface area contributed by atoms with Crippen molar-refractivity contribution in [3.63, 3.8) is 0 Å². The van der Waals surface area contributed by atoms with Crippen LogP contribution >= 0.6 is 22.9 Å². The molecule has 1 aliphatic rings. The monoisotopic (exact) mass is 244 g/mol. The van der Waals surface area contributed by atoms with Gasteiger partial charge in [0.1, 0.15) is 5.15 Å². The molecule has 1 aromatic heterocycles. The normalized spacial score (nSPS) is 27.3. The lowest BCUT2D eigenvalue weighted by molar-refractivity contribution is 0.456. The van der Waals surface area contributed by atoms with E-state index in [4.69, 9.17) is 11.6 Å². The van der Waals surface area contributed by atoms with Crippen LogP contribution in [0.25, 0.3) is 0 Å². The van der Waals surface area contributed by atoms with Crippen LogP contribution in [0.2, 0.25) is 5.15 Å². The highest BCUT2D eigenvalue weighted by molar-refractivity contribution is 7.14. The van der Waals surface area contributed by atoms with Crippen LogP contribution in [0.5, 0.6) is 0 Å². The third-order valence-corrected chi connectivity index (χ3v) is 4.24. The van der Waals surface area contributed by atoms with Crippen LogP contribution in [-0.4, -0.2) is 11.0 Å². The van der Waals surface area contributed by atoms with E-state index in [9.17, 15) is 0 Å². The molecule has 15 heavy (non-hydrogen) atoms. The molecule has 2 nitrogen and oxygen atoms in total. The van der Waals surface area contributed by atoms with Gasteiger partial charge >= 0.3 is 0 Å². The molecule has 1 heterocycles. The topological polar surface area (TPSA) is 24.9 Å². The summed E-state index contributed by atoms with van der Waals surface area (Å²) >= 11 is 7.40. The Morgan fingerprint density at radius 3 is 2.93 bits per heavy atom. The van der Waals surface area contributed by atoms with Crippen molar-refractivity contribution in [2.45, 2.75) is 45.1 Å². The van der Waals surface area contributed by atoms with E-state index in [1.165, 1.54) is 32.1 Å². The fourth-order valence-corrected chi connectivity index (χ4v) is 3.09. The molecule has 2 atom stereocenters. The maximum Gasteiger partial charge on any atom is 0.184 e. The van der Waals surface area contributed by atoms with Gasteiger partial charge in [0, 0.05) is 11.4 Å². The van der Waals surface area contributed by atoms with E-state index < -0.39 is 0 Å². The predicted octanol–water partition coefficient (Wildman–Crippen LogP) is 4.18. The Balaban J connectivity index is 1.97. The molecule has 4 heteroatoms. The number of hydrogen-bond donors (Lipinski definition) is 1. The first-order chi connectivity index (χ1) is 7.25. The quantitative estimate of drug-likeness (QED) is 0.790. The summed E-state index contributed by atoms with van der Waals surface area (Å²) in [5.41, 5.74) is 0. The van der Waals surface area contributed by atoms with Gasteiger partial charge in [-0.1, -0.05) is 37.8 Å². The zero-order chi connectivity index (χ0) is 10.7. The number of anilines is 1. The van der Waals surface area contributed by atoms with Crippen LogP contribution in [0.4, 0.5) is 5.13 Å². The number of aromatic nitrogens is 1. The fourth-order valence-electron chi connectivity index (χ4n) is 2.19. The second-order valence-corrected chi connectivity index (χ2v) is 5.59. The van der Waals surface area contributed by atoms with Crippen LogP contribution < -0.4 is 5.32 Å². The summed E-state index contributed by atoms with van der Waals surface area (Å²) in [7, 11) is 0. The van der Waals surface area contributed by atoms with Crippen molar-refractivity contribution >= 4 is 28.1 Å². The lowest BCUT2D eigenvalue weighted by Gasteiger charge is -2.22. The van der Waals surface area contributed by atoms with Gasteiger partial charge in [-0.05, 0) is 18.8 Å². The fraction of sp³-hybridized carbons (Fsp3) is 0.727. The molecule has 1 aromatic rings. The molecule has 0 bridgehead atoms. The molecule has 0 amide bonds. The second kappa shape index (κ2) is 5.17. The van der Waals surface area contributed by atoms with E-state index in [-0.39, 0.29) is 0 Å². The minimum atomic E-state index is 0.578. The highest BCUT2D eigenvalue weighted by atomic mass is 35.5. The third kappa shape index (κ3) is 3.08. The van der Waals surface area contributed by atoms with Crippen molar-refractivity contribution in [1.82, 2.24) is 4.98 Å². The van der Waals surface area contributed by atoms with Gasteiger partial charge in [0.05, 0.1) is 0 Å². The number of thiazole rings is 1. The average molecular weight is 245 g/mol. The standard InChI is InChI=1S/C11H17ClN2S/c1-8-5-3-2-4-6-9(8)13-11-14-10(12)7-15-11/h7-9H,2-6H2,1H3,(H,13,14). The number of halogens is 1. The highest BCUT2D eigenvalue weighted by Crippen LogP contribution is 2.27. The molecule has 1 fully saturated rings. The Labute approximate surface area is 100 Å². The first-order valence-electron chi connectivity index (χ1n) is 5.63.